The lowest BCUT2D eigenvalue weighted by atomic mass is 10.1. The Labute approximate surface area is 107 Å². The second-order valence-electron chi connectivity index (χ2n) is 3.72. The van der Waals surface area contributed by atoms with E-state index in [0.29, 0.717) is 5.01 Å². The quantitative estimate of drug-likeness (QED) is 0.765. The average molecular weight is 256 g/mol. The van der Waals surface area contributed by atoms with Crippen LogP contribution in [0.15, 0.2) is 41.9 Å². The number of thiazole rings is 1. The van der Waals surface area contributed by atoms with Crippen LogP contribution >= 0.6 is 11.3 Å². The summed E-state index contributed by atoms with van der Waals surface area (Å²) < 4.78 is 0. The number of hydrogen-bond acceptors (Lipinski definition) is 4. The molecule has 0 saturated carbocycles. The van der Waals surface area contributed by atoms with Crippen LogP contribution in [0.25, 0.3) is 21.5 Å². The number of aromatic nitrogens is 2. The number of carbonyl (C=O) groups is 1. The summed E-state index contributed by atoms with van der Waals surface area (Å²) in [4.78, 5) is 19.2. The fourth-order valence-corrected chi connectivity index (χ4v) is 2.57. The van der Waals surface area contributed by atoms with Gasteiger partial charge in [0.1, 0.15) is 10.7 Å². The maximum absolute atomic E-state index is 10.8. The van der Waals surface area contributed by atoms with Gasteiger partial charge in [0.2, 0.25) is 0 Å². The number of hydrogen-bond donors (Lipinski definition) is 1. The van der Waals surface area contributed by atoms with Gasteiger partial charge in [-0.3, -0.25) is 4.98 Å². The lowest BCUT2D eigenvalue weighted by molar-refractivity contribution is 0.0691. The van der Waals surface area contributed by atoms with Gasteiger partial charge in [-0.05, 0) is 11.5 Å². The fraction of sp³-hybridized carbons (Fsp3) is 0. The normalized spacial score (nSPS) is 10.7. The summed E-state index contributed by atoms with van der Waals surface area (Å²) in [6.07, 6.45) is 1.71. The number of nitrogens with zero attached hydrogens (tertiary/aromatic N) is 2. The molecule has 0 aliphatic heterocycles. The van der Waals surface area contributed by atoms with Gasteiger partial charge in [0.25, 0.3) is 0 Å². The van der Waals surface area contributed by atoms with Crippen LogP contribution in [-0.2, 0) is 0 Å². The molecule has 0 spiro atoms. The summed E-state index contributed by atoms with van der Waals surface area (Å²) in [5.41, 5.74) is 0.787. The molecule has 1 aromatic carbocycles. The van der Waals surface area contributed by atoms with Crippen molar-refractivity contribution in [2.24, 2.45) is 0 Å². The third kappa shape index (κ3) is 1.74. The van der Waals surface area contributed by atoms with E-state index in [9.17, 15) is 4.79 Å². The lowest BCUT2D eigenvalue weighted by Crippen LogP contribution is -1.96. The van der Waals surface area contributed by atoms with Gasteiger partial charge in [-0.25, -0.2) is 9.78 Å². The summed E-state index contributed by atoms with van der Waals surface area (Å²) in [5, 5.41) is 13.1. The molecule has 0 atom stereocenters. The Morgan fingerprint density at radius 2 is 2.06 bits per heavy atom. The van der Waals surface area contributed by atoms with E-state index in [0.717, 1.165) is 16.5 Å². The zero-order valence-corrected chi connectivity index (χ0v) is 10.0. The number of aromatic carboxylic acids is 1. The predicted octanol–water partition coefficient (Wildman–Crippen LogP) is 3.06. The Morgan fingerprint density at radius 1 is 1.22 bits per heavy atom. The number of fused-ring (bicyclic) bond motifs is 1. The van der Waals surface area contributed by atoms with E-state index in [-0.39, 0.29) is 5.69 Å². The van der Waals surface area contributed by atoms with Crippen molar-refractivity contribution in [3.63, 3.8) is 0 Å². The number of carboxylic acid groups (broad SMARTS) is 1. The molecule has 1 N–H and O–H groups in total. The first-order valence-electron chi connectivity index (χ1n) is 5.28. The average Bonchev–Trinajstić information content (AvgIpc) is 2.87. The van der Waals surface area contributed by atoms with Crippen molar-refractivity contribution in [2.45, 2.75) is 0 Å². The van der Waals surface area contributed by atoms with Crippen molar-refractivity contribution < 1.29 is 9.90 Å². The van der Waals surface area contributed by atoms with Crippen LogP contribution in [0.3, 0.4) is 0 Å². The topological polar surface area (TPSA) is 63.1 Å². The molecule has 3 aromatic rings. The SMILES string of the molecule is O=C(O)c1csc(-c2nccc3ccccc23)n1. The molecule has 0 unspecified atom stereocenters. The van der Waals surface area contributed by atoms with Crippen LogP contribution in [0.1, 0.15) is 10.5 Å². The van der Waals surface area contributed by atoms with Crippen molar-refractivity contribution >= 4 is 28.1 Å². The molecule has 0 amide bonds. The summed E-state index contributed by atoms with van der Waals surface area (Å²) in [7, 11) is 0. The predicted molar refractivity (Wildman–Crippen MR) is 69.8 cm³/mol. The van der Waals surface area contributed by atoms with Crippen molar-refractivity contribution in [2.75, 3.05) is 0 Å². The molecule has 4 nitrogen and oxygen atoms in total. The van der Waals surface area contributed by atoms with Crippen molar-refractivity contribution in [1.29, 1.82) is 0 Å². The van der Waals surface area contributed by atoms with Gasteiger partial charge in [-0.2, -0.15) is 0 Å². The number of pyridine rings is 1. The monoisotopic (exact) mass is 256 g/mol. The summed E-state index contributed by atoms with van der Waals surface area (Å²) in [6.45, 7) is 0. The maximum atomic E-state index is 10.8. The van der Waals surface area contributed by atoms with Crippen LogP contribution in [0.4, 0.5) is 0 Å². The Kier molecular flexibility index (Phi) is 2.53. The highest BCUT2D eigenvalue weighted by atomic mass is 32.1. The van der Waals surface area contributed by atoms with Crippen molar-refractivity contribution in [3.05, 3.63) is 47.6 Å². The highest BCUT2D eigenvalue weighted by Gasteiger charge is 2.12. The summed E-state index contributed by atoms with van der Waals surface area (Å²) in [6, 6.07) is 9.76. The van der Waals surface area contributed by atoms with E-state index >= 15 is 0 Å². The lowest BCUT2D eigenvalue weighted by Gasteiger charge is -2.01. The van der Waals surface area contributed by atoms with E-state index < -0.39 is 5.97 Å². The van der Waals surface area contributed by atoms with Gasteiger partial charge < -0.3 is 5.11 Å². The Balaban J connectivity index is 2.21. The molecule has 0 bridgehead atoms. The first kappa shape index (κ1) is 10.9. The third-order valence-corrected chi connectivity index (χ3v) is 3.45. The molecule has 0 radical (unpaired) electrons. The van der Waals surface area contributed by atoms with Crippen molar-refractivity contribution in [1.82, 2.24) is 9.97 Å². The molecule has 18 heavy (non-hydrogen) atoms. The number of carboxylic acids is 1. The number of benzene rings is 1. The molecular formula is C13H8N2O2S. The van der Waals surface area contributed by atoms with Gasteiger partial charge >= 0.3 is 5.97 Å². The second kappa shape index (κ2) is 4.19. The highest BCUT2D eigenvalue weighted by Crippen LogP contribution is 2.28. The molecule has 0 aliphatic rings. The summed E-state index contributed by atoms with van der Waals surface area (Å²) >= 11 is 1.29. The molecule has 0 fully saturated rings. The van der Waals surface area contributed by atoms with Crippen LogP contribution in [0.5, 0.6) is 0 Å². The number of rotatable bonds is 2. The minimum absolute atomic E-state index is 0.0599. The van der Waals surface area contributed by atoms with E-state index in [2.05, 4.69) is 9.97 Å². The highest BCUT2D eigenvalue weighted by molar-refractivity contribution is 7.13. The molecule has 0 saturated heterocycles. The largest absolute Gasteiger partial charge is 0.476 e. The van der Waals surface area contributed by atoms with E-state index in [1.807, 2.05) is 30.3 Å². The molecule has 3 rings (SSSR count). The van der Waals surface area contributed by atoms with Gasteiger partial charge in [0.05, 0.1) is 0 Å². The molecule has 0 aliphatic carbocycles. The van der Waals surface area contributed by atoms with Crippen LogP contribution < -0.4 is 0 Å². The first-order valence-corrected chi connectivity index (χ1v) is 6.16. The minimum atomic E-state index is -1.02. The van der Waals surface area contributed by atoms with E-state index in [1.165, 1.54) is 16.7 Å². The molecule has 2 heterocycles. The van der Waals surface area contributed by atoms with Crippen LogP contribution in [-0.4, -0.2) is 21.0 Å². The van der Waals surface area contributed by atoms with Gasteiger partial charge in [-0.15, -0.1) is 11.3 Å². The van der Waals surface area contributed by atoms with Gasteiger partial charge in [-0.1, -0.05) is 24.3 Å². The third-order valence-electron chi connectivity index (χ3n) is 2.60. The molecule has 88 valence electrons. The zero-order chi connectivity index (χ0) is 12.5. The standard InChI is InChI=1S/C13H8N2O2S/c16-13(17)10-7-18-12(15-10)11-9-4-2-1-3-8(9)5-6-14-11/h1-7H,(H,16,17). The smallest absolute Gasteiger partial charge is 0.355 e. The van der Waals surface area contributed by atoms with E-state index in [4.69, 9.17) is 5.11 Å². The Hall–Kier alpha value is -2.27. The molecule has 5 heteroatoms. The van der Waals surface area contributed by atoms with E-state index in [1.54, 1.807) is 6.20 Å². The minimum Gasteiger partial charge on any atom is -0.476 e. The van der Waals surface area contributed by atoms with Crippen LogP contribution in [0, 0.1) is 0 Å². The van der Waals surface area contributed by atoms with Gasteiger partial charge in [0, 0.05) is 17.0 Å². The fourth-order valence-electron chi connectivity index (χ4n) is 1.77. The van der Waals surface area contributed by atoms with Crippen molar-refractivity contribution in [3.8, 4) is 10.7 Å². The molecular weight excluding hydrogens is 248 g/mol. The molecule has 2 aromatic heterocycles. The van der Waals surface area contributed by atoms with Crippen LogP contribution in [0.2, 0.25) is 0 Å². The van der Waals surface area contributed by atoms with Gasteiger partial charge in [0.15, 0.2) is 5.69 Å². The first-order chi connectivity index (χ1) is 8.75. The zero-order valence-electron chi connectivity index (χ0n) is 9.20. The second-order valence-corrected chi connectivity index (χ2v) is 4.58. The Morgan fingerprint density at radius 3 is 2.83 bits per heavy atom. The Bertz CT molecular complexity index is 731. The summed E-state index contributed by atoms with van der Waals surface area (Å²) in [5.74, 6) is -1.02. The maximum Gasteiger partial charge on any atom is 0.355 e.